The van der Waals surface area contributed by atoms with E-state index in [1.54, 1.807) is 44.3 Å². The van der Waals surface area contributed by atoms with Gasteiger partial charge in [-0.1, -0.05) is 6.07 Å². The number of furan rings is 1. The number of carbonyl (C=O) groups is 2. The second-order valence-electron chi connectivity index (χ2n) is 6.63. The summed E-state index contributed by atoms with van der Waals surface area (Å²) in [5.74, 6) is 0.204. The van der Waals surface area contributed by atoms with E-state index < -0.39 is 16.0 Å². The van der Waals surface area contributed by atoms with E-state index in [0.29, 0.717) is 41.3 Å². The minimum absolute atomic E-state index is 0.117. The Kier molecular flexibility index (Phi) is 5.46. The molecule has 0 atom stereocenters. The predicted octanol–water partition coefficient (Wildman–Crippen LogP) is 2.19. The number of benzene rings is 1. The lowest BCUT2D eigenvalue weighted by atomic mass is 10.1. The highest BCUT2D eigenvalue weighted by molar-refractivity contribution is 7.93. The first kappa shape index (κ1) is 19.9. The van der Waals surface area contributed by atoms with Crippen molar-refractivity contribution in [2.45, 2.75) is 19.9 Å². The summed E-state index contributed by atoms with van der Waals surface area (Å²) in [7, 11) is -0.417. The maximum absolute atomic E-state index is 12.8. The van der Waals surface area contributed by atoms with E-state index in [-0.39, 0.29) is 18.2 Å². The number of aryl methyl sites for hydroxylation is 1. The zero-order valence-corrected chi connectivity index (χ0v) is 16.8. The molecule has 1 aromatic heterocycles. The highest BCUT2D eigenvalue weighted by Crippen LogP contribution is 2.25. The van der Waals surface area contributed by atoms with E-state index in [1.807, 2.05) is 0 Å². The van der Waals surface area contributed by atoms with E-state index in [2.05, 4.69) is 0 Å². The number of anilines is 1. The molecule has 8 nitrogen and oxygen atoms in total. The van der Waals surface area contributed by atoms with Gasteiger partial charge in [-0.2, -0.15) is 0 Å². The molecular weight excluding hydrogens is 384 g/mol. The van der Waals surface area contributed by atoms with Gasteiger partial charge >= 0.3 is 5.97 Å². The Hall–Kier alpha value is -2.81. The largest absolute Gasteiger partial charge is 0.465 e. The van der Waals surface area contributed by atoms with Gasteiger partial charge < -0.3 is 14.1 Å². The third kappa shape index (κ3) is 3.89. The van der Waals surface area contributed by atoms with Crippen molar-refractivity contribution in [3.63, 3.8) is 0 Å². The minimum Gasteiger partial charge on any atom is -0.465 e. The van der Waals surface area contributed by atoms with Crippen molar-refractivity contribution in [1.82, 2.24) is 4.90 Å². The summed E-state index contributed by atoms with van der Waals surface area (Å²) in [5.41, 5.74) is 1.18. The van der Waals surface area contributed by atoms with Gasteiger partial charge in [-0.15, -0.1) is 0 Å². The van der Waals surface area contributed by atoms with Crippen LogP contribution in [0.3, 0.4) is 0 Å². The average molecular weight is 406 g/mol. The van der Waals surface area contributed by atoms with Gasteiger partial charge in [-0.05, 0) is 37.6 Å². The van der Waals surface area contributed by atoms with Crippen molar-refractivity contribution in [2.75, 3.05) is 30.8 Å². The van der Waals surface area contributed by atoms with Crippen LogP contribution in [0.2, 0.25) is 0 Å². The smallest absolute Gasteiger partial charge is 0.341 e. The van der Waals surface area contributed by atoms with Crippen LogP contribution >= 0.6 is 0 Å². The number of hydrogen-bond acceptors (Lipinski definition) is 6. The Balaban J connectivity index is 1.77. The standard InChI is InChI=1S/C19H22N2O6S/c1-13-17(19(23)26-3)11-16(27-13)12-20(2)18(22)14-6-4-7-15(10-14)21-8-5-9-28(21,24)25/h4,6-7,10-11H,5,8-9,12H2,1-3H3. The number of carbonyl (C=O) groups excluding carboxylic acids is 2. The number of esters is 1. The summed E-state index contributed by atoms with van der Waals surface area (Å²) in [6, 6.07) is 8.11. The van der Waals surface area contributed by atoms with E-state index in [4.69, 9.17) is 9.15 Å². The Labute approximate surface area is 163 Å². The fourth-order valence-electron chi connectivity index (χ4n) is 3.18. The molecule has 0 saturated carbocycles. The number of methoxy groups -OCH3 is 1. The summed E-state index contributed by atoms with van der Waals surface area (Å²) in [6.07, 6.45) is 0.570. The molecular formula is C19H22N2O6S. The molecule has 150 valence electrons. The molecule has 0 bridgehead atoms. The number of sulfonamides is 1. The van der Waals surface area contributed by atoms with Crippen molar-refractivity contribution >= 4 is 27.6 Å². The first-order valence-electron chi connectivity index (χ1n) is 8.76. The van der Waals surface area contributed by atoms with Crippen LogP contribution in [-0.4, -0.2) is 51.6 Å². The van der Waals surface area contributed by atoms with Gasteiger partial charge in [0.15, 0.2) is 0 Å². The van der Waals surface area contributed by atoms with Crippen molar-refractivity contribution in [2.24, 2.45) is 0 Å². The molecule has 1 saturated heterocycles. The third-order valence-electron chi connectivity index (χ3n) is 4.59. The molecule has 0 unspecified atom stereocenters. The molecule has 1 aliphatic rings. The molecule has 0 aliphatic carbocycles. The quantitative estimate of drug-likeness (QED) is 0.706. The zero-order valence-electron chi connectivity index (χ0n) is 16.0. The van der Waals surface area contributed by atoms with Crippen molar-refractivity contribution in [3.05, 3.63) is 53.0 Å². The van der Waals surface area contributed by atoms with Crippen LogP contribution in [0.1, 0.15) is 38.7 Å². The zero-order chi connectivity index (χ0) is 20.5. The van der Waals surface area contributed by atoms with Gasteiger partial charge in [0, 0.05) is 19.2 Å². The average Bonchev–Trinajstić information content (AvgIpc) is 3.21. The molecule has 2 heterocycles. The van der Waals surface area contributed by atoms with Gasteiger partial charge in [-0.25, -0.2) is 13.2 Å². The highest BCUT2D eigenvalue weighted by atomic mass is 32.2. The maximum Gasteiger partial charge on any atom is 0.341 e. The van der Waals surface area contributed by atoms with Crippen LogP contribution in [0, 0.1) is 6.92 Å². The molecule has 9 heteroatoms. The van der Waals surface area contributed by atoms with Gasteiger partial charge in [0.25, 0.3) is 5.91 Å². The van der Waals surface area contributed by atoms with Crippen LogP contribution in [0.25, 0.3) is 0 Å². The van der Waals surface area contributed by atoms with Gasteiger partial charge in [0.2, 0.25) is 10.0 Å². The highest BCUT2D eigenvalue weighted by Gasteiger charge is 2.29. The van der Waals surface area contributed by atoms with Crippen LogP contribution in [0.4, 0.5) is 5.69 Å². The molecule has 3 rings (SSSR count). The van der Waals surface area contributed by atoms with Gasteiger partial charge in [-0.3, -0.25) is 9.10 Å². The second kappa shape index (κ2) is 7.67. The molecule has 28 heavy (non-hydrogen) atoms. The molecule has 0 N–H and O–H groups in total. The summed E-state index contributed by atoms with van der Waals surface area (Å²) >= 11 is 0. The fraction of sp³-hybridized carbons (Fsp3) is 0.368. The first-order chi connectivity index (χ1) is 13.2. The summed E-state index contributed by atoms with van der Waals surface area (Å²) in [5, 5.41) is 0. The lowest BCUT2D eigenvalue weighted by Crippen LogP contribution is -2.27. The second-order valence-corrected chi connectivity index (χ2v) is 8.64. The molecule has 1 aromatic carbocycles. The Morgan fingerprint density at radius 2 is 2.04 bits per heavy atom. The fourth-order valence-corrected chi connectivity index (χ4v) is 4.74. The van der Waals surface area contributed by atoms with Crippen LogP contribution < -0.4 is 4.31 Å². The normalized spacial score (nSPS) is 15.5. The minimum atomic E-state index is -3.31. The molecule has 0 radical (unpaired) electrons. The molecule has 1 amide bonds. The van der Waals surface area contributed by atoms with Crippen LogP contribution in [-0.2, 0) is 21.3 Å². The van der Waals surface area contributed by atoms with Gasteiger partial charge in [0.1, 0.15) is 17.1 Å². The maximum atomic E-state index is 12.8. The third-order valence-corrected chi connectivity index (χ3v) is 6.46. The number of amides is 1. The number of nitrogens with zero attached hydrogens (tertiary/aromatic N) is 2. The lowest BCUT2D eigenvalue weighted by molar-refractivity contribution is 0.0598. The number of hydrogen-bond donors (Lipinski definition) is 0. The Morgan fingerprint density at radius 3 is 2.68 bits per heavy atom. The Morgan fingerprint density at radius 1 is 1.29 bits per heavy atom. The SMILES string of the molecule is COC(=O)c1cc(CN(C)C(=O)c2cccc(N3CCCS3(=O)=O)c2)oc1C. The van der Waals surface area contributed by atoms with E-state index in [9.17, 15) is 18.0 Å². The van der Waals surface area contributed by atoms with E-state index in [0.717, 1.165) is 0 Å². The summed E-state index contributed by atoms with van der Waals surface area (Å²) in [6.45, 7) is 2.22. The monoisotopic (exact) mass is 406 g/mol. The summed E-state index contributed by atoms with van der Waals surface area (Å²) < 4.78 is 35.8. The van der Waals surface area contributed by atoms with Gasteiger partial charge in [0.05, 0.1) is 25.1 Å². The van der Waals surface area contributed by atoms with Crippen LogP contribution in [0.5, 0.6) is 0 Å². The topological polar surface area (TPSA) is 97.1 Å². The summed E-state index contributed by atoms with van der Waals surface area (Å²) in [4.78, 5) is 25.9. The van der Waals surface area contributed by atoms with E-state index >= 15 is 0 Å². The van der Waals surface area contributed by atoms with Crippen LogP contribution in [0.15, 0.2) is 34.7 Å². The first-order valence-corrected chi connectivity index (χ1v) is 10.4. The number of ether oxygens (including phenoxy) is 1. The predicted molar refractivity (Wildman–Crippen MR) is 103 cm³/mol. The molecule has 1 aliphatic heterocycles. The molecule has 0 spiro atoms. The Bertz CT molecular complexity index is 1010. The van der Waals surface area contributed by atoms with E-state index in [1.165, 1.54) is 16.3 Å². The van der Waals surface area contributed by atoms with Crippen molar-refractivity contribution < 1.29 is 27.2 Å². The number of rotatable bonds is 5. The molecule has 1 fully saturated rings. The molecule has 2 aromatic rings. The lowest BCUT2D eigenvalue weighted by Gasteiger charge is -2.19. The van der Waals surface area contributed by atoms with Crippen molar-refractivity contribution in [1.29, 1.82) is 0 Å². The van der Waals surface area contributed by atoms with Crippen molar-refractivity contribution in [3.8, 4) is 0 Å².